The third-order valence-corrected chi connectivity index (χ3v) is 13.1. The van der Waals surface area contributed by atoms with Gasteiger partial charge in [-0.05, 0) is 117 Å². The lowest BCUT2D eigenvalue weighted by molar-refractivity contribution is -0.384. The van der Waals surface area contributed by atoms with Crippen molar-refractivity contribution in [3.8, 4) is 11.5 Å². The normalized spacial score (nSPS) is 18.1. The highest BCUT2D eigenvalue weighted by Crippen LogP contribution is 2.43. The summed E-state index contributed by atoms with van der Waals surface area (Å²) in [6, 6.07) is 21.9. The molecule has 1 aliphatic carbocycles. The molecule has 312 valence electrons. The summed E-state index contributed by atoms with van der Waals surface area (Å²) < 4.78 is 49.5. The van der Waals surface area contributed by atoms with Gasteiger partial charge in [0.15, 0.2) is 0 Å². The Bertz CT molecular complexity index is 2340. The number of allylic oxidation sites excluding steroid dienone is 1. The second-order valence-corrected chi connectivity index (χ2v) is 18.6. The van der Waals surface area contributed by atoms with Crippen LogP contribution in [-0.2, 0) is 10.0 Å². The molecule has 0 aromatic heterocycles. The third-order valence-electron chi connectivity index (χ3n) is 11.5. The molecule has 15 heteroatoms. The zero-order chi connectivity index (χ0) is 41.9. The lowest BCUT2D eigenvalue weighted by atomic mass is 9.72. The molecule has 59 heavy (non-hydrogen) atoms. The SMILES string of the molecule is CN1CCC(Nc2ccc(S(=O)(=O)NC(=O)c3ccc(N4CCN(CC5=C(c6ccc(Cl)cc6)CC(C)(C)CC5)CC4)cc3Oc3cccc(F)c3)cc2[N+](=O)[O-])CC1. The molecule has 2 N–H and O–H groups in total. The Hall–Kier alpha value is -5.02. The Morgan fingerprint density at radius 3 is 2.39 bits per heavy atom. The second kappa shape index (κ2) is 17.7. The van der Waals surface area contributed by atoms with Gasteiger partial charge in [0.25, 0.3) is 21.6 Å². The molecule has 3 aliphatic rings. The van der Waals surface area contributed by atoms with Gasteiger partial charge < -0.3 is 19.9 Å². The quantitative estimate of drug-likeness (QED) is 0.105. The largest absolute Gasteiger partial charge is 0.456 e. The van der Waals surface area contributed by atoms with E-state index >= 15 is 0 Å². The number of nitro benzene ring substituents is 1. The van der Waals surface area contributed by atoms with Gasteiger partial charge in [-0.15, -0.1) is 0 Å². The standard InChI is InChI=1S/C44H50ClFN6O6S/c1-44(2)18-15-31(39(28-44)30-7-9-32(45)10-8-30)29-50-21-23-51(24-22-50)35-11-13-38(42(26-35)58-36-6-4-5-33(46)25-36)43(53)48-59(56,57)37-12-14-40(41(27-37)52(54)55)47-34-16-19-49(3)20-17-34/h4-14,25-27,34,47H,15-24,28-29H2,1-3H3,(H,48,53). The molecule has 0 bridgehead atoms. The number of benzene rings is 4. The summed E-state index contributed by atoms with van der Waals surface area (Å²) in [5, 5.41) is 16.0. The van der Waals surface area contributed by atoms with Gasteiger partial charge in [-0.25, -0.2) is 17.5 Å². The van der Waals surface area contributed by atoms with E-state index in [0.29, 0.717) is 13.1 Å². The van der Waals surface area contributed by atoms with Crippen molar-refractivity contribution in [3.05, 3.63) is 123 Å². The predicted molar refractivity (Wildman–Crippen MR) is 229 cm³/mol. The minimum absolute atomic E-state index is 0.00332. The van der Waals surface area contributed by atoms with Crippen LogP contribution in [0.1, 0.15) is 61.9 Å². The van der Waals surface area contributed by atoms with Crippen molar-refractivity contribution in [1.82, 2.24) is 14.5 Å². The summed E-state index contributed by atoms with van der Waals surface area (Å²) in [5.74, 6) is -1.42. The van der Waals surface area contributed by atoms with Crippen molar-refractivity contribution >= 4 is 50.2 Å². The number of anilines is 2. The van der Waals surface area contributed by atoms with Crippen LogP contribution in [0.2, 0.25) is 5.02 Å². The first-order chi connectivity index (χ1) is 28.1. The van der Waals surface area contributed by atoms with Crippen LogP contribution in [-0.4, -0.2) is 88.0 Å². The number of rotatable bonds is 12. The minimum atomic E-state index is -4.58. The molecule has 4 aromatic rings. The molecule has 2 fully saturated rings. The molecule has 2 aliphatic heterocycles. The highest BCUT2D eigenvalue weighted by Gasteiger charge is 2.31. The number of carbonyl (C=O) groups excluding carboxylic acids is 1. The van der Waals surface area contributed by atoms with Crippen LogP contribution in [0.25, 0.3) is 5.57 Å². The Morgan fingerprint density at radius 2 is 1.69 bits per heavy atom. The smallest absolute Gasteiger partial charge is 0.293 e. The van der Waals surface area contributed by atoms with Gasteiger partial charge in [-0.3, -0.25) is 19.8 Å². The number of ether oxygens (including phenoxy) is 1. The fourth-order valence-electron chi connectivity index (χ4n) is 8.10. The first kappa shape index (κ1) is 42.1. The number of nitro groups is 1. The maximum atomic E-state index is 14.2. The molecule has 0 radical (unpaired) electrons. The van der Waals surface area contributed by atoms with E-state index < -0.39 is 37.3 Å². The third kappa shape index (κ3) is 10.4. The Labute approximate surface area is 350 Å². The molecule has 0 spiro atoms. The molecular formula is C44H50ClFN6O6S. The van der Waals surface area contributed by atoms with Gasteiger partial charge in [0.2, 0.25) is 0 Å². The Kier molecular flexibility index (Phi) is 12.6. The van der Waals surface area contributed by atoms with Crippen LogP contribution in [0, 0.1) is 21.3 Å². The molecular weight excluding hydrogens is 795 g/mol. The second-order valence-electron chi connectivity index (χ2n) is 16.5. The summed E-state index contributed by atoms with van der Waals surface area (Å²) >= 11 is 6.22. The monoisotopic (exact) mass is 844 g/mol. The average molecular weight is 845 g/mol. The summed E-state index contributed by atoms with van der Waals surface area (Å²) in [6.45, 7) is 10.1. The molecule has 12 nitrogen and oxygen atoms in total. The maximum absolute atomic E-state index is 14.2. The molecule has 4 aromatic carbocycles. The van der Waals surface area contributed by atoms with Crippen LogP contribution in [0.15, 0.2) is 95.4 Å². The lowest BCUT2D eigenvalue weighted by Gasteiger charge is -2.39. The number of nitrogens with one attached hydrogen (secondary N) is 2. The van der Waals surface area contributed by atoms with Crippen LogP contribution in [0.4, 0.5) is 21.5 Å². The molecule has 0 atom stereocenters. The first-order valence-electron chi connectivity index (χ1n) is 19.9. The molecule has 0 saturated carbocycles. The molecule has 2 heterocycles. The Balaban J connectivity index is 1.08. The van der Waals surface area contributed by atoms with E-state index in [1.54, 1.807) is 12.1 Å². The Morgan fingerprint density at radius 1 is 0.966 bits per heavy atom. The maximum Gasteiger partial charge on any atom is 0.293 e. The molecule has 0 unspecified atom stereocenters. The fraction of sp³-hybridized carbons (Fsp3) is 0.386. The van der Waals surface area contributed by atoms with Crippen LogP contribution >= 0.6 is 11.6 Å². The number of hydrogen-bond donors (Lipinski definition) is 2. The number of hydrogen-bond acceptors (Lipinski definition) is 10. The molecule has 2 saturated heterocycles. The summed E-state index contributed by atoms with van der Waals surface area (Å²) in [4.78, 5) is 31.5. The lowest BCUT2D eigenvalue weighted by Crippen LogP contribution is -2.47. The highest BCUT2D eigenvalue weighted by molar-refractivity contribution is 7.90. The number of likely N-dealkylation sites (tertiary alicyclic amines) is 1. The van der Waals surface area contributed by atoms with Crippen molar-refractivity contribution in [2.75, 3.05) is 63.1 Å². The van der Waals surface area contributed by atoms with Gasteiger partial charge >= 0.3 is 0 Å². The van der Waals surface area contributed by atoms with E-state index in [2.05, 4.69) is 50.7 Å². The van der Waals surface area contributed by atoms with E-state index in [1.165, 1.54) is 59.2 Å². The number of amides is 1. The van der Waals surface area contributed by atoms with Gasteiger partial charge in [0.05, 0.1) is 15.4 Å². The number of piperidine rings is 1. The number of carbonyl (C=O) groups is 1. The predicted octanol–water partition coefficient (Wildman–Crippen LogP) is 8.59. The topological polar surface area (TPSA) is 137 Å². The highest BCUT2D eigenvalue weighted by atomic mass is 35.5. The van der Waals surface area contributed by atoms with Crippen LogP contribution in [0.5, 0.6) is 11.5 Å². The van der Waals surface area contributed by atoms with Gasteiger partial charge in [-0.1, -0.05) is 49.2 Å². The van der Waals surface area contributed by atoms with Crippen LogP contribution < -0.4 is 19.7 Å². The zero-order valence-corrected chi connectivity index (χ0v) is 35.1. The van der Waals surface area contributed by atoms with E-state index in [1.807, 2.05) is 19.2 Å². The molecule has 1 amide bonds. The van der Waals surface area contributed by atoms with Crippen molar-refractivity contribution in [2.24, 2.45) is 5.41 Å². The summed E-state index contributed by atoms with van der Waals surface area (Å²) in [7, 11) is -2.57. The minimum Gasteiger partial charge on any atom is -0.456 e. The number of halogens is 2. The van der Waals surface area contributed by atoms with Crippen LogP contribution in [0.3, 0.4) is 0 Å². The zero-order valence-electron chi connectivity index (χ0n) is 33.5. The fourth-order valence-corrected chi connectivity index (χ4v) is 9.21. The summed E-state index contributed by atoms with van der Waals surface area (Å²) in [6.07, 6.45) is 4.72. The van der Waals surface area contributed by atoms with Crippen molar-refractivity contribution in [3.63, 3.8) is 0 Å². The van der Waals surface area contributed by atoms with E-state index in [0.717, 1.165) is 81.6 Å². The van der Waals surface area contributed by atoms with Gasteiger partial charge in [-0.2, -0.15) is 0 Å². The van der Waals surface area contributed by atoms with E-state index in [4.69, 9.17) is 16.3 Å². The van der Waals surface area contributed by atoms with Crippen molar-refractivity contribution in [2.45, 2.75) is 56.9 Å². The molecule has 7 rings (SSSR count). The van der Waals surface area contributed by atoms with E-state index in [-0.39, 0.29) is 34.2 Å². The number of piperazine rings is 1. The summed E-state index contributed by atoms with van der Waals surface area (Å²) in [5.41, 5.74) is 4.70. The van der Waals surface area contributed by atoms with Gasteiger partial charge in [0, 0.05) is 67.7 Å². The number of nitrogens with zero attached hydrogens (tertiary/aromatic N) is 4. The van der Waals surface area contributed by atoms with Crippen molar-refractivity contribution < 1.29 is 27.3 Å². The average Bonchev–Trinajstić information content (AvgIpc) is 3.20. The first-order valence-corrected chi connectivity index (χ1v) is 21.8. The number of sulfonamides is 1. The van der Waals surface area contributed by atoms with Gasteiger partial charge in [0.1, 0.15) is 23.0 Å². The van der Waals surface area contributed by atoms with E-state index in [9.17, 15) is 27.7 Å². The van der Waals surface area contributed by atoms with Crippen molar-refractivity contribution in [1.29, 1.82) is 0 Å².